The van der Waals surface area contributed by atoms with Gasteiger partial charge in [-0.3, -0.25) is 0 Å². The minimum atomic E-state index is -1.03. The molecule has 0 atom stereocenters. The Bertz CT molecular complexity index is 560. The molecule has 0 aliphatic heterocycles. The minimum absolute atomic E-state index is 0.00101. The summed E-state index contributed by atoms with van der Waals surface area (Å²) in [6, 6.07) is 9.58. The van der Waals surface area contributed by atoms with Gasteiger partial charge in [0.25, 0.3) is 0 Å². The van der Waals surface area contributed by atoms with Crippen molar-refractivity contribution in [2.24, 2.45) is 0 Å². The largest absolute Gasteiger partial charge is 0.475 e. The van der Waals surface area contributed by atoms with E-state index in [-0.39, 0.29) is 5.76 Å². The number of carbonyl (C=O) groups is 1. The number of hydrogen-bond acceptors (Lipinski definition) is 3. The first kappa shape index (κ1) is 13.2. The van der Waals surface area contributed by atoms with Gasteiger partial charge in [0.15, 0.2) is 0 Å². The Labute approximate surface area is 117 Å². The second-order valence-corrected chi connectivity index (χ2v) is 5.70. The molecule has 3 nitrogen and oxygen atoms in total. The summed E-state index contributed by atoms with van der Waals surface area (Å²) in [4.78, 5) is 11.9. The van der Waals surface area contributed by atoms with Gasteiger partial charge >= 0.3 is 5.97 Å². The summed E-state index contributed by atoms with van der Waals surface area (Å²) in [6.07, 6.45) is 0. The van der Waals surface area contributed by atoms with E-state index in [0.717, 1.165) is 14.9 Å². The molecule has 2 aromatic rings. The van der Waals surface area contributed by atoms with Crippen LogP contribution in [0.1, 0.15) is 21.9 Å². The van der Waals surface area contributed by atoms with Gasteiger partial charge in [-0.2, -0.15) is 0 Å². The van der Waals surface area contributed by atoms with E-state index >= 15 is 0 Å². The number of thioether (sulfide) groups is 1. The van der Waals surface area contributed by atoms with Gasteiger partial charge in [0.2, 0.25) is 5.76 Å². The van der Waals surface area contributed by atoms with Crippen LogP contribution < -0.4 is 0 Å². The molecule has 2 rings (SSSR count). The van der Waals surface area contributed by atoms with E-state index in [1.807, 2.05) is 24.3 Å². The zero-order valence-corrected chi connectivity index (χ0v) is 12.0. The van der Waals surface area contributed by atoms with Crippen molar-refractivity contribution in [2.75, 3.05) is 0 Å². The zero-order valence-electron chi connectivity index (χ0n) is 9.64. The number of benzene rings is 1. The van der Waals surface area contributed by atoms with Crippen LogP contribution >= 0.6 is 27.7 Å². The lowest BCUT2D eigenvalue weighted by molar-refractivity contribution is 0.0661. The van der Waals surface area contributed by atoms with Crippen LogP contribution in [0.3, 0.4) is 0 Å². The molecule has 0 spiro atoms. The lowest BCUT2D eigenvalue weighted by atomic mass is 10.3. The van der Waals surface area contributed by atoms with Crippen molar-refractivity contribution in [2.45, 2.75) is 17.6 Å². The predicted octanol–water partition coefficient (Wildman–Crippen LogP) is 4.34. The average Bonchev–Trinajstić information content (AvgIpc) is 2.70. The maximum atomic E-state index is 10.8. The number of carboxylic acid groups (broad SMARTS) is 1. The number of hydrogen-bond donors (Lipinski definition) is 1. The number of aromatic carboxylic acids is 1. The minimum Gasteiger partial charge on any atom is -0.475 e. The van der Waals surface area contributed by atoms with Crippen molar-refractivity contribution in [1.82, 2.24) is 0 Å². The molecule has 1 aromatic carbocycles. The van der Waals surface area contributed by atoms with Gasteiger partial charge in [0.05, 0.1) is 0 Å². The quantitative estimate of drug-likeness (QED) is 0.849. The monoisotopic (exact) mass is 326 g/mol. The first-order valence-corrected chi connectivity index (χ1v) is 7.05. The maximum absolute atomic E-state index is 10.8. The number of halogens is 1. The molecular formula is C13H11BrO3S. The van der Waals surface area contributed by atoms with Crippen molar-refractivity contribution in [3.8, 4) is 0 Å². The normalized spacial score (nSPS) is 10.6. The van der Waals surface area contributed by atoms with E-state index in [4.69, 9.17) is 9.52 Å². The third-order valence-corrected chi connectivity index (χ3v) is 4.03. The Morgan fingerprint density at radius 1 is 1.39 bits per heavy atom. The number of carboxylic acids is 1. The molecular weight excluding hydrogens is 316 g/mol. The Morgan fingerprint density at radius 3 is 2.61 bits per heavy atom. The third-order valence-electron chi connectivity index (χ3n) is 2.44. The summed E-state index contributed by atoms with van der Waals surface area (Å²) in [6.45, 7) is 1.78. The second kappa shape index (κ2) is 5.63. The second-order valence-electron chi connectivity index (χ2n) is 3.74. The van der Waals surface area contributed by atoms with Crippen molar-refractivity contribution in [3.05, 3.63) is 51.9 Å². The fourth-order valence-corrected chi connectivity index (χ4v) is 2.66. The fraction of sp³-hybridized carbons (Fsp3) is 0.154. The summed E-state index contributed by atoms with van der Waals surface area (Å²) in [7, 11) is 0. The highest BCUT2D eigenvalue weighted by molar-refractivity contribution is 9.10. The summed E-state index contributed by atoms with van der Waals surface area (Å²) in [5.74, 6) is 0.332. The lowest BCUT2D eigenvalue weighted by Crippen LogP contribution is -1.91. The number of furan rings is 1. The van der Waals surface area contributed by atoms with Crippen LogP contribution in [-0.4, -0.2) is 11.1 Å². The third kappa shape index (κ3) is 3.17. The molecule has 18 heavy (non-hydrogen) atoms. The van der Waals surface area contributed by atoms with E-state index in [1.165, 1.54) is 0 Å². The Balaban J connectivity index is 2.06. The standard InChI is InChI=1S/C13H11BrO3S/c1-8-9(6-12(17-8)13(15)16)7-18-11-4-2-10(14)3-5-11/h2-6H,7H2,1H3,(H,15,16). The molecule has 0 saturated carbocycles. The lowest BCUT2D eigenvalue weighted by Gasteiger charge is -2.00. The molecule has 1 N–H and O–H groups in total. The van der Waals surface area contributed by atoms with Crippen molar-refractivity contribution in [1.29, 1.82) is 0 Å². The van der Waals surface area contributed by atoms with Gasteiger partial charge in [-0.25, -0.2) is 4.79 Å². The highest BCUT2D eigenvalue weighted by Crippen LogP contribution is 2.27. The molecule has 0 saturated heterocycles. The summed E-state index contributed by atoms with van der Waals surface area (Å²) >= 11 is 5.03. The van der Waals surface area contributed by atoms with Crippen LogP contribution in [0, 0.1) is 6.92 Å². The Hall–Kier alpha value is -1.20. The molecule has 1 aromatic heterocycles. The van der Waals surface area contributed by atoms with Crippen LogP contribution in [0.25, 0.3) is 0 Å². The van der Waals surface area contributed by atoms with E-state index in [0.29, 0.717) is 11.5 Å². The molecule has 94 valence electrons. The van der Waals surface area contributed by atoms with Gasteiger partial charge in [0.1, 0.15) is 5.76 Å². The smallest absolute Gasteiger partial charge is 0.371 e. The molecule has 5 heteroatoms. The summed E-state index contributed by atoms with van der Waals surface area (Å²) in [5.41, 5.74) is 0.917. The molecule has 0 radical (unpaired) electrons. The van der Waals surface area contributed by atoms with Gasteiger partial charge < -0.3 is 9.52 Å². The molecule has 0 bridgehead atoms. The van der Waals surface area contributed by atoms with E-state index in [2.05, 4.69) is 15.9 Å². The highest BCUT2D eigenvalue weighted by Gasteiger charge is 2.12. The van der Waals surface area contributed by atoms with Crippen LogP contribution in [0.5, 0.6) is 0 Å². The molecule has 0 aliphatic rings. The SMILES string of the molecule is Cc1oc(C(=O)O)cc1CSc1ccc(Br)cc1. The number of aryl methyl sites for hydroxylation is 1. The zero-order chi connectivity index (χ0) is 13.1. The van der Waals surface area contributed by atoms with E-state index in [1.54, 1.807) is 24.8 Å². The van der Waals surface area contributed by atoms with Crippen molar-refractivity contribution in [3.63, 3.8) is 0 Å². The predicted molar refractivity (Wildman–Crippen MR) is 74.1 cm³/mol. The van der Waals surface area contributed by atoms with Crippen LogP contribution in [0.15, 0.2) is 44.1 Å². The van der Waals surface area contributed by atoms with Gasteiger partial charge in [-0.1, -0.05) is 15.9 Å². The van der Waals surface area contributed by atoms with Crippen LogP contribution in [0.4, 0.5) is 0 Å². The highest BCUT2D eigenvalue weighted by atomic mass is 79.9. The first-order chi connectivity index (χ1) is 8.56. The van der Waals surface area contributed by atoms with E-state index < -0.39 is 5.97 Å². The van der Waals surface area contributed by atoms with Gasteiger partial charge in [-0.05, 0) is 37.3 Å². The molecule has 0 fully saturated rings. The Morgan fingerprint density at radius 2 is 2.06 bits per heavy atom. The Kier molecular flexibility index (Phi) is 4.14. The van der Waals surface area contributed by atoms with Crippen molar-refractivity contribution >= 4 is 33.7 Å². The topological polar surface area (TPSA) is 50.4 Å². The van der Waals surface area contributed by atoms with Crippen LogP contribution in [0.2, 0.25) is 0 Å². The average molecular weight is 327 g/mol. The maximum Gasteiger partial charge on any atom is 0.371 e. The van der Waals surface area contributed by atoms with Gasteiger partial charge in [-0.15, -0.1) is 11.8 Å². The van der Waals surface area contributed by atoms with Crippen LogP contribution in [-0.2, 0) is 5.75 Å². The number of rotatable bonds is 4. The molecule has 0 amide bonds. The van der Waals surface area contributed by atoms with E-state index in [9.17, 15) is 4.79 Å². The summed E-state index contributed by atoms with van der Waals surface area (Å²) < 4.78 is 6.20. The molecule has 0 unspecified atom stereocenters. The fourth-order valence-electron chi connectivity index (χ4n) is 1.46. The van der Waals surface area contributed by atoms with Crippen molar-refractivity contribution < 1.29 is 14.3 Å². The summed E-state index contributed by atoms with van der Waals surface area (Å²) in [5, 5.41) is 8.83. The van der Waals surface area contributed by atoms with Gasteiger partial charge in [0, 0.05) is 20.7 Å². The first-order valence-electron chi connectivity index (χ1n) is 5.27. The molecule has 0 aliphatic carbocycles. The molecule has 1 heterocycles.